The lowest BCUT2D eigenvalue weighted by Crippen LogP contribution is -2.51. The van der Waals surface area contributed by atoms with Crippen LogP contribution in [0.4, 0.5) is 5.69 Å². The fraction of sp³-hybridized carbons (Fsp3) is 0.318. The Kier molecular flexibility index (Phi) is 4.51. The first-order valence-electron chi connectivity index (χ1n) is 9.30. The van der Waals surface area contributed by atoms with Crippen molar-refractivity contribution in [2.45, 2.75) is 19.9 Å². The predicted octanol–water partition coefficient (Wildman–Crippen LogP) is 3.87. The third-order valence-corrected chi connectivity index (χ3v) is 5.50. The van der Waals surface area contributed by atoms with E-state index in [0.29, 0.717) is 0 Å². The molecule has 1 fully saturated rings. The van der Waals surface area contributed by atoms with Gasteiger partial charge in [-0.2, -0.15) is 0 Å². The number of carbonyl (C=O) groups is 1. The molecule has 1 saturated heterocycles. The van der Waals surface area contributed by atoms with Gasteiger partial charge in [0.25, 0.3) is 0 Å². The van der Waals surface area contributed by atoms with Crippen molar-refractivity contribution >= 4 is 22.4 Å². The Bertz CT molecular complexity index is 908. The molecule has 4 heteroatoms. The number of para-hydroxylation sites is 2. The number of carbonyl (C=O) groups excluding carboxylic acids is 1. The number of aryl methyl sites for hydroxylation is 1. The predicted molar refractivity (Wildman–Crippen MR) is 107 cm³/mol. The first kappa shape index (κ1) is 16.9. The number of benzene rings is 2. The topological polar surface area (TPSA) is 39.3 Å². The summed E-state index contributed by atoms with van der Waals surface area (Å²) in [6.07, 6.45) is 0. The summed E-state index contributed by atoms with van der Waals surface area (Å²) in [4.78, 5) is 21.3. The smallest absolute Gasteiger partial charge is 0.182 e. The van der Waals surface area contributed by atoms with Gasteiger partial charge in [0.2, 0.25) is 0 Å². The summed E-state index contributed by atoms with van der Waals surface area (Å²) in [6.45, 7) is 7.75. The van der Waals surface area contributed by atoms with Gasteiger partial charge in [-0.3, -0.25) is 9.69 Å². The zero-order valence-electron chi connectivity index (χ0n) is 15.4. The number of aromatic amines is 1. The summed E-state index contributed by atoms with van der Waals surface area (Å²) in [5.41, 5.74) is 4.11. The monoisotopic (exact) mass is 347 g/mol. The standard InChI is InChI=1S/C22H25N3O/c1-16-21(19-10-6-7-11-20(19)23-16)22(26)17(2)24-12-14-25(15-13-24)18-8-4-3-5-9-18/h3-11,17,23H,12-15H2,1-2H3/t17-/m1/s1. The van der Waals surface area contributed by atoms with E-state index in [1.165, 1.54) is 5.69 Å². The Morgan fingerprint density at radius 3 is 2.35 bits per heavy atom. The lowest BCUT2D eigenvalue weighted by molar-refractivity contribution is 0.0831. The Hall–Kier alpha value is -2.59. The van der Waals surface area contributed by atoms with Gasteiger partial charge >= 0.3 is 0 Å². The number of nitrogens with one attached hydrogen (secondary N) is 1. The second-order valence-electron chi connectivity index (χ2n) is 7.07. The minimum Gasteiger partial charge on any atom is -0.369 e. The highest BCUT2D eigenvalue weighted by atomic mass is 16.1. The molecule has 1 aliphatic rings. The highest BCUT2D eigenvalue weighted by molar-refractivity contribution is 6.11. The van der Waals surface area contributed by atoms with E-state index in [1.807, 2.05) is 44.2 Å². The Morgan fingerprint density at radius 2 is 1.62 bits per heavy atom. The molecular weight excluding hydrogens is 322 g/mol. The molecule has 0 saturated carbocycles. The van der Waals surface area contributed by atoms with Crippen LogP contribution in [0.3, 0.4) is 0 Å². The molecule has 1 atom stereocenters. The Morgan fingerprint density at radius 1 is 0.962 bits per heavy atom. The van der Waals surface area contributed by atoms with Crippen LogP contribution in [0.2, 0.25) is 0 Å². The summed E-state index contributed by atoms with van der Waals surface area (Å²) in [5.74, 6) is 0.216. The van der Waals surface area contributed by atoms with Crippen molar-refractivity contribution in [3.63, 3.8) is 0 Å². The van der Waals surface area contributed by atoms with Crippen LogP contribution in [0.1, 0.15) is 23.0 Å². The molecule has 0 bridgehead atoms. The maximum Gasteiger partial charge on any atom is 0.182 e. The number of fused-ring (bicyclic) bond motifs is 1. The molecule has 1 aromatic heterocycles. The van der Waals surface area contributed by atoms with Crippen LogP contribution in [-0.2, 0) is 0 Å². The number of nitrogens with zero attached hydrogens (tertiary/aromatic N) is 2. The van der Waals surface area contributed by atoms with Gasteiger partial charge in [-0.05, 0) is 32.0 Å². The number of anilines is 1. The largest absolute Gasteiger partial charge is 0.369 e. The number of H-pyrrole nitrogens is 1. The van der Waals surface area contributed by atoms with Gasteiger partial charge in [0.15, 0.2) is 5.78 Å². The Labute approximate surface area is 154 Å². The van der Waals surface area contributed by atoms with Crippen molar-refractivity contribution < 1.29 is 4.79 Å². The molecule has 0 radical (unpaired) electrons. The highest BCUT2D eigenvalue weighted by Crippen LogP contribution is 2.25. The van der Waals surface area contributed by atoms with Crippen LogP contribution in [-0.4, -0.2) is 47.9 Å². The number of rotatable bonds is 4. The number of ketones is 1. The van der Waals surface area contributed by atoms with E-state index in [9.17, 15) is 4.79 Å². The van der Waals surface area contributed by atoms with E-state index >= 15 is 0 Å². The van der Waals surface area contributed by atoms with Gasteiger partial charge < -0.3 is 9.88 Å². The molecule has 3 aromatic rings. The third-order valence-electron chi connectivity index (χ3n) is 5.50. The molecule has 0 amide bonds. The lowest BCUT2D eigenvalue weighted by atomic mass is 10.0. The molecular formula is C22H25N3O. The molecule has 134 valence electrons. The molecule has 2 heterocycles. The van der Waals surface area contributed by atoms with Crippen LogP contribution in [0.5, 0.6) is 0 Å². The second-order valence-corrected chi connectivity index (χ2v) is 7.07. The van der Waals surface area contributed by atoms with Crippen molar-refractivity contribution in [2.75, 3.05) is 31.1 Å². The van der Waals surface area contributed by atoms with Crippen molar-refractivity contribution in [1.29, 1.82) is 0 Å². The molecule has 4 nitrogen and oxygen atoms in total. The van der Waals surface area contributed by atoms with E-state index in [0.717, 1.165) is 48.3 Å². The molecule has 26 heavy (non-hydrogen) atoms. The van der Waals surface area contributed by atoms with E-state index in [4.69, 9.17) is 0 Å². The maximum atomic E-state index is 13.2. The molecule has 1 N–H and O–H groups in total. The molecule has 1 aliphatic heterocycles. The summed E-state index contributed by atoms with van der Waals surface area (Å²) in [7, 11) is 0. The summed E-state index contributed by atoms with van der Waals surface area (Å²) < 4.78 is 0. The molecule has 0 aliphatic carbocycles. The quantitative estimate of drug-likeness (QED) is 0.728. The van der Waals surface area contributed by atoms with Gasteiger partial charge in [-0.1, -0.05) is 36.4 Å². The molecule has 4 rings (SSSR count). The number of piperazine rings is 1. The van der Waals surface area contributed by atoms with Crippen molar-refractivity contribution in [1.82, 2.24) is 9.88 Å². The average molecular weight is 347 g/mol. The first-order valence-corrected chi connectivity index (χ1v) is 9.30. The fourth-order valence-electron chi connectivity index (χ4n) is 3.98. The van der Waals surface area contributed by atoms with Crippen LogP contribution in [0.25, 0.3) is 10.9 Å². The van der Waals surface area contributed by atoms with Crippen molar-refractivity contribution in [2.24, 2.45) is 0 Å². The van der Waals surface area contributed by atoms with Gasteiger partial charge in [-0.15, -0.1) is 0 Å². The SMILES string of the molecule is Cc1[nH]c2ccccc2c1C(=O)[C@@H](C)N1CCN(c2ccccc2)CC1. The molecule has 2 aromatic carbocycles. The van der Waals surface area contributed by atoms with Gasteiger partial charge in [0.05, 0.1) is 6.04 Å². The van der Waals surface area contributed by atoms with E-state index in [2.05, 4.69) is 39.0 Å². The van der Waals surface area contributed by atoms with Crippen molar-refractivity contribution in [3.8, 4) is 0 Å². The number of hydrogen-bond donors (Lipinski definition) is 1. The van der Waals surface area contributed by atoms with Crippen LogP contribution in [0, 0.1) is 6.92 Å². The second kappa shape index (κ2) is 6.96. The minimum atomic E-state index is -0.106. The highest BCUT2D eigenvalue weighted by Gasteiger charge is 2.28. The van der Waals surface area contributed by atoms with Crippen molar-refractivity contribution in [3.05, 3.63) is 65.9 Å². The molecule has 0 unspecified atom stereocenters. The molecule has 0 spiro atoms. The normalized spacial score (nSPS) is 16.8. The zero-order valence-corrected chi connectivity index (χ0v) is 15.4. The lowest BCUT2D eigenvalue weighted by Gasteiger charge is -2.38. The number of Topliss-reactive ketones (excluding diaryl/α,β-unsaturated/α-hetero) is 1. The van der Waals surface area contributed by atoms with Gasteiger partial charge in [0, 0.05) is 54.0 Å². The average Bonchev–Trinajstić information content (AvgIpc) is 3.03. The van der Waals surface area contributed by atoms with E-state index in [-0.39, 0.29) is 11.8 Å². The van der Waals surface area contributed by atoms with Gasteiger partial charge in [0.1, 0.15) is 0 Å². The summed E-state index contributed by atoms with van der Waals surface area (Å²) in [5, 5.41) is 1.03. The minimum absolute atomic E-state index is 0.106. The maximum absolute atomic E-state index is 13.2. The zero-order chi connectivity index (χ0) is 18.1. The van der Waals surface area contributed by atoms with E-state index in [1.54, 1.807) is 0 Å². The van der Waals surface area contributed by atoms with Crippen LogP contribution in [0.15, 0.2) is 54.6 Å². The van der Waals surface area contributed by atoms with Crippen LogP contribution >= 0.6 is 0 Å². The third kappa shape index (κ3) is 3.01. The number of aromatic nitrogens is 1. The number of hydrogen-bond acceptors (Lipinski definition) is 3. The van der Waals surface area contributed by atoms with Crippen LogP contribution < -0.4 is 4.90 Å². The van der Waals surface area contributed by atoms with Gasteiger partial charge in [-0.25, -0.2) is 0 Å². The summed E-state index contributed by atoms with van der Waals surface area (Å²) in [6, 6.07) is 18.5. The Balaban J connectivity index is 1.49. The summed E-state index contributed by atoms with van der Waals surface area (Å²) >= 11 is 0. The van der Waals surface area contributed by atoms with E-state index < -0.39 is 0 Å². The fourth-order valence-corrected chi connectivity index (χ4v) is 3.98. The first-order chi connectivity index (χ1) is 12.6.